The van der Waals surface area contributed by atoms with Gasteiger partial charge in [0.2, 0.25) is 5.91 Å². The fourth-order valence-electron chi connectivity index (χ4n) is 3.68. The topological polar surface area (TPSA) is 69.2 Å². The number of amides is 1. The van der Waals surface area contributed by atoms with Gasteiger partial charge >= 0.3 is 0 Å². The van der Waals surface area contributed by atoms with Crippen molar-refractivity contribution in [1.29, 1.82) is 0 Å². The minimum atomic E-state index is 0. The van der Waals surface area contributed by atoms with Crippen molar-refractivity contribution in [2.45, 2.75) is 38.9 Å². The zero-order valence-corrected chi connectivity index (χ0v) is 19.9. The van der Waals surface area contributed by atoms with Crippen molar-refractivity contribution in [3.8, 4) is 0 Å². The molecule has 29 heavy (non-hydrogen) atoms. The lowest BCUT2D eigenvalue weighted by Gasteiger charge is -2.26. The van der Waals surface area contributed by atoms with Crippen molar-refractivity contribution >= 4 is 35.8 Å². The molecule has 7 nitrogen and oxygen atoms in total. The normalized spacial score (nSPS) is 20.3. The van der Waals surface area contributed by atoms with E-state index in [1.165, 1.54) is 11.1 Å². The predicted octanol–water partition coefficient (Wildman–Crippen LogP) is 1.81. The molecule has 162 valence electrons. The summed E-state index contributed by atoms with van der Waals surface area (Å²) in [6.07, 6.45) is 1.53. The van der Waals surface area contributed by atoms with E-state index in [2.05, 4.69) is 44.8 Å². The first-order valence-electron chi connectivity index (χ1n) is 10.3. The number of ether oxygens (including phenoxy) is 1. The monoisotopic (exact) mass is 515 g/mol. The molecule has 1 unspecified atom stereocenters. The fraction of sp³-hybridized carbons (Fsp3) is 0.619. The second kappa shape index (κ2) is 12.3. The van der Waals surface area contributed by atoms with Gasteiger partial charge in [-0.25, -0.2) is 0 Å². The van der Waals surface area contributed by atoms with E-state index in [0.29, 0.717) is 6.42 Å². The van der Waals surface area contributed by atoms with E-state index in [1.54, 1.807) is 7.05 Å². The van der Waals surface area contributed by atoms with Crippen LogP contribution in [0.25, 0.3) is 0 Å². The lowest BCUT2D eigenvalue weighted by Crippen LogP contribution is -2.44. The highest BCUT2D eigenvalue weighted by Gasteiger charge is 2.25. The Kier molecular flexibility index (Phi) is 10.2. The zero-order valence-electron chi connectivity index (χ0n) is 17.5. The summed E-state index contributed by atoms with van der Waals surface area (Å²) in [6.45, 7) is 8.88. The molecule has 2 saturated heterocycles. The van der Waals surface area contributed by atoms with Gasteiger partial charge in [0.1, 0.15) is 0 Å². The van der Waals surface area contributed by atoms with Crippen LogP contribution in [0.1, 0.15) is 30.9 Å². The van der Waals surface area contributed by atoms with Crippen molar-refractivity contribution in [3.05, 3.63) is 35.4 Å². The van der Waals surface area contributed by atoms with E-state index in [-0.39, 0.29) is 35.9 Å². The molecule has 3 rings (SSSR count). The van der Waals surface area contributed by atoms with Crippen LogP contribution in [0.15, 0.2) is 29.3 Å². The summed E-state index contributed by atoms with van der Waals surface area (Å²) in [5, 5.41) is 6.82. The molecule has 0 spiro atoms. The summed E-state index contributed by atoms with van der Waals surface area (Å²) in [7, 11) is 1.78. The second-order valence-corrected chi connectivity index (χ2v) is 7.45. The first-order chi connectivity index (χ1) is 13.7. The molecule has 2 fully saturated rings. The number of nitrogens with zero attached hydrogens (tertiary/aromatic N) is 3. The van der Waals surface area contributed by atoms with Gasteiger partial charge in [0.25, 0.3) is 0 Å². The lowest BCUT2D eigenvalue weighted by atomic mass is 10.1. The Morgan fingerprint density at radius 3 is 2.52 bits per heavy atom. The van der Waals surface area contributed by atoms with Crippen molar-refractivity contribution < 1.29 is 9.53 Å². The molecule has 2 N–H and O–H groups in total. The molecule has 1 aromatic carbocycles. The van der Waals surface area contributed by atoms with Crippen LogP contribution < -0.4 is 10.6 Å². The highest BCUT2D eigenvalue weighted by atomic mass is 127. The van der Waals surface area contributed by atoms with Crippen LogP contribution in [0.2, 0.25) is 0 Å². The maximum absolute atomic E-state index is 11.8. The van der Waals surface area contributed by atoms with Crippen LogP contribution in [0.3, 0.4) is 0 Å². The molecule has 0 saturated carbocycles. The van der Waals surface area contributed by atoms with Gasteiger partial charge in [-0.2, -0.15) is 0 Å². The molecule has 1 aromatic rings. The molecule has 0 bridgehead atoms. The minimum absolute atomic E-state index is 0. The van der Waals surface area contributed by atoms with E-state index < -0.39 is 0 Å². The van der Waals surface area contributed by atoms with Crippen molar-refractivity contribution in [3.63, 3.8) is 0 Å². The van der Waals surface area contributed by atoms with Crippen LogP contribution in [0, 0.1) is 0 Å². The van der Waals surface area contributed by atoms with E-state index in [9.17, 15) is 4.79 Å². The van der Waals surface area contributed by atoms with Crippen LogP contribution in [-0.2, 0) is 22.6 Å². The van der Waals surface area contributed by atoms with Gasteiger partial charge in [0, 0.05) is 58.8 Å². The number of likely N-dealkylation sites (tertiary alicyclic amines) is 1. The largest absolute Gasteiger partial charge is 0.379 e. The highest BCUT2D eigenvalue weighted by Crippen LogP contribution is 2.11. The first kappa shape index (κ1) is 23.9. The third-order valence-corrected chi connectivity index (χ3v) is 5.40. The number of halogens is 1. The summed E-state index contributed by atoms with van der Waals surface area (Å²) in [5.74, 6) is 1.01. The fourth-order valence-corrected chi connectivity index (χ4v) is 3.68. The summed E-state index contributed by atoms with van der Waals surface area (Å²) in [4.78, 5) is 20.5. The number of guanidine groups is 1. The average Bonchev–Trinajstić information content (AvgIpc) is 3.21. The third-order valence-electron chi connectivity index (χ3n) is 5.40. The Bertz CT molecular complexity index is 662. The Labute approximate surface area is 191 Å². The van der Waals surface area contributed by atoms with Crippen LogP contribution >= 0.6 is 24.0 Å². The van der Waals surface area contributed by atoms with Gasteiger partial charge in [-0.3, -0.25) is 14.7 Å². The van der Waals surface area contributed by atoms with Crippen molar-refractivity contribution in [2.24, 2.45) is 4.99 Å². The number of carbonyl (C=O) groups is 1. The standard InChI is InChI=1S/C21H33N5O2.HI/c1-3-20(27)26-9-8-19(16-26)24-21(22-2)23-14-17-4-6-18(7-5-17)15-25-10-12-28-13-11-25;/h4-7,19H,3,8-16H2,1-2H3,(H2,22,23,24);1H. The van der Waals surface area contributed by atoms with Gasteiger partial charge < -0.3 is 20.3 Å². The Balaban J connectivity index is 0.00000300. The third kappa shape index (κ3) is 7.42. The Morgan fingerprint density at radius 2 is 1.86 bits per heavy atom. The zero-order chi connectivity index (χ0) is 19.8. The number of hydrogen-bond acceptors (Lipinski definition) is 4. The lowest BCUT2D eigenvalue weighted by molar-refractivity contribution is -0.129. The number of rotatable bonds is 6. The number of hydrogen-bond donors (Lipinski definition) is 2. The molecule has 2 aliphatic rings. The summed E-state index contributed by atoms with van der Waals surface area (Å²) in [6, 6.07) is 9.01. The van der Waals surface area contributed by atoms with Crippen LogP contribution in [0.5, 0.6) is 0 Å². The van der Waals surface area contributed by atoms with Gasteiger partial charge in [-0.05, 0) is 17.5 Å². The van der Waals surface area contributed by atoms with E-state index >= 15 is 0 Å². The van der Waals surface area contributed by atoms with E-state index in [0.717, 1.165) is 64.9 Å². The van der Waals surface area contributed by atoms with Crippen LogP contribution in [0.4, 0.5) is 0 Å². The maximum atomic E-state index is 11.8. The number of morpholine rings is 1. The Hall–Kier alpha value is -1.39. The molecule has 0 aromatic heterocycles. The van der Waals surface area contributed by atoms with Crippen molar-refractivity contribution in [2.75, 3.05) is 46.4 Å². The molecular formula is C21H34IN5O2. The predicted molar refractivity (Wildman–Crippen MR) is 127 cm³/mol. The quantitative estimate of drug-likeness (QED) is 0.344. The minimum Gasteiger partial charge on any atom is -0.379 e. The first-order valence-corrected chi connectivity index (χ1v) is 10.3. The molecule has 8 heteroatoms. The number of benzene rings is 1. The van der Waals surface area contributed by atoms with Gasteiger partial charge in [0.15, 0.2) is 5.96 Å². The summed E-state index contributed by atoms with van der Waals surface area (Å²) in [5.41, 5.74) is 2.56. The van der Waals surface area contributed by atoms with E-state index in [1.807, 2.05) is 11.8 Å². The summed E-state index contributed by atoms with van der Waals surface area (Å²) >= 11 is 0. The molecule has 0 radical (unpaired) electrons. The van der Waals surface area contributed by atoms with Gasteiger partial charge in [0.05, 0.1) is 13.2 Å². The van der Waals surface area contributed by atoms with Crippen molar-refractivity contribution in [1.82, 2.24) is 20.4 Å². The molecule has 2 aliphatic heterocycles. The average molecular weight is 515 g/mol. The maximum Gasteiger partial charge on any atom is 0.222 e. The smallest absolute Gasteiger partial charge is 0.222 e. The number of aliphatic imine (C=N–C) groups is 1. The number of nitrogens with one attached hydrogen (secondary N) is 2. The molecule has 2 heterocycles. The number of carbonyl (C=O) groups excluding carboxylic acids is 1. The second-order valence-electron chi connectivity index (χ2n) is 7.45. The van der Waals surface area contributed by atoms with Crippen LogP contribution in [-0.4, -0.2) is 74.1 Å². The molecular weight excluding hydrogens is 481 g/mol. The SMILES string of the molecule is CCC(=O)N1CCC(NC(=NC)NCc2ccc(CN3CCOCC3)cc2)C1.I. The van der Waals surface area contributed by atoms with E-state index in [4.69, 9.17) is 4.74 Å². The molecule has 1 amide bonds. The Morgan fingerprint density at radius 1 is 1.17 bits per heavy atom. The van der Waals surface area contributed by atoms with Gasteiger partial charge in [-0.15, -0.1) is 24.0 Å². The summed E-state index contributed by atoms with van der Waals surface area (Å²) < 4.78 is 5.41. The highest BCUT2D eigenvalue weighted by molar-refractivity contribution is 14.0. The molecule has 0 aliphatic carbocycles. The molecule has 1 atom stereocenters. The van der Waals surface area contributed by atoms with Gasteiger partial charge in [-0.1, -0.05) is 31.2 Å².